The number of nitrogens with one attached hydrogen (secondary N) is 1. The summed E-state index contributed by atoms with van der Waals surface area (Å²) in [5.41, 5.74) is 1.56. The van der Waals surface area contributed by atoms with Gasteiger partial charge in [0.25, 0.3) is 5.91 Å². The Bertz CT molecular complexity index is 679. The van der Waals surface area contributed by atoms with Crippen molar-refractivity contribution in [1.82, 2.24) is 15.2 Å². The zero-order chi connectivity index (χ0) is 16.9. The van der Waals surface area contributed by atoms with E-state index in [1.165, 1.54) is 6.42 Å². The number of carbonyl (C=O) groups is 1. The molecule has 1 amide bonds. The first-order valence-corrected chi connectivity index (χ1v) is 8.65. The van der Waals surface area contributed by atoms with Gasteiger partial charge in [-0.1, -0.05) is 18.2 Å². The van der Waals surface area contributed by atoms with Crippen LogP contribution in [0.15, 0.2) is 34.7 Å². The number of halogens is 1. The molecule has 1 aromatic carbocycles. The van der Waals surface area contributed by atoms with Crippen molar-refractivity contribution in [2.24, 2.45) is 5.92 Å². The quantitative estimate of drug-likeness (QED) is 0.882. The lowest BCUT2D eigenvalue weighted by atomic mass is 9.93. The van der Waals surface area contributed by atoms with Gasteiger partial charge in [-0.15, -0.1) is 12.4 Å². The van der Waals surface area contributed by atoms with Crippen molar-refractivity contribution in [3.63, 3.8) is 0 Å². The smallest absolute Gasteiger partial charge is 0.291 e. The highest BCUT2D eigenvalue weighted by molar-refractivity contribution is 5.93. The highest BCUT2D eigenvalue weighted by Crippen LogP contribution is 2.25. The monoisotopic (exact) mass is 363 g/mol. The van der Waals surface area contributed by atoms with Crippen LogP contribution in [-0.4, -0.2) is 42.5 Å². The maximum Gasteiger partial charge on any atom is 0.291 e. The summed E-state index contributed by atoms with van der Waals surface area (Å²) in [6, 6.07) is 9.70. The van der Waals surface area contributed by atoms with E-state index in [1.54, 1.807) is 0 Å². The van der Waals surface area contributed by atoms with Crippen LogP contribution in [0.25, 0.3) is 11.5 Å². The van der Waals surface area contributed by atoms with Crippen LogP contribution in [0, 0.1) is 12.8 Å². The summed E-state index contributed by atoms with van der Waals surface area (Å²) >= 11 is 0. The fraction of sp³-hybridized carbons (Fsp3) is 0.474. The number of carbonyl (C=O) groups excluding carboxylic acids is 1. The summed E-state index contributed by atoms with van der Waals surface area (Å²) in [6.07, 6.45) is 3.30. The Kier molecular flexibility index (Phi) is 7.02. The van der Waals surface area contributed by atoms with Gasteiger partial charge in [0.05, 0.1) is 5.69 Å². The predicted octanol–water partition coefficient (Wildman–Crippen LogP) is 3.53. The molecule has 5 nitrogen and oxygen atoms in total. The number of nitrogens with zero attached hydrogens (tertiary/aromatic N) is 2. The molecule has 0 spiro atoms. The summed E-state index contributed by atoms with van der Waals surface area (Å²) in [5, 5.41) is 3.20. The van der Waals surface area contributed by atoms with Crippen LogP contribution in [-0.2, 0) is 0 Å². The van der Waals surface area contributed by atoms with E-state index in [-0.39, 0.29) is 18.3 Å². The van der Waals surface area contributed by atoms with E-state index < -0.39 is 0 Å². The zero-order valence-electron chi connectivity index (χ0n) is 14.8. The standard InChI is InChI=1S/C19H25N3O2.ClH/c1-14-17(24-18(21-14)16-6-4-3-5-7-16)19(23)22-12-9-15(10-13-22)8-11-20-2;/h3-7,15,20H,8-13H2,1-2H3;1H. The Hall–Kier alpha value is -1.85. The number of likely N-dealkylation sites (tertiary alicyclic amines) is 1. The fourth-order valence-electron chi connectivity index (χ4n) is 3.22. The molecule has 0 atom stereocenters. The van der Waals surface area contributed by atoms with Crippen molar-refractivity contribution in [3.05, 3.63) is 41.8 Å². The number of piperidine rings is 1. The molecule has 0 unspecified atom stereocenters. The Morgan fingerprint density at radius 1 is 1.28 bits per heavy atom. The van der Waals surface area contributed by atoms with Crippen LogP contribution < -0.4 is 5.32 Å². The molecular weight excluding hydrogens is 338 g/mol. The van der Waals surface area contributed by atoms with Crippen LogP contribution in [0.2, 0.25) is 0 Å². The van der Waals surface area contributed by atoms with Crippen molar-refractivity contribution in [2.45, 2.75) is 26.2 Å². The number of amides is 1. The number of rotatable bonds is 5. The summed E-state index contributed by atoms with van der Waals surface area (Å²) < 4.78 is 5.79. The van der Waals surface area contributed by atoms with E-state index in [9.17, 15) is 4.79 Å². The second-order valence-corrected chi connectivity index (χ2v) is 6.43. The van der Waals surface area contributed by atoms with Crippen molar-refractivity contribution in [3.8, 4) is 11.5 Å². The molecule has 0 saturated carbocycles. The van der Waals surface area contributed by atoms with Crippen molar-refractivity contribution < 1.29 is 9.21 Å². The maximum absolute atomic E-state index is 12.8. The van der Waals surface area contributed by atoms with Crippen LogP contribution in [0.1, 0.15) is 35.5 Å². The van der Waals surface area contributed by atoms with Crippen molar-refractivity contribution >= 4 is 18.3 Å². The average Bonchev–Trinajstić information content (AvgIpc) is 3.02. The first-order valence-electron chi connectivity index (χ1n) is 8.65. The van der Waals surface area contributed by atoms with Gasteiger partial charge in [-0.05, 0) is 57.8 Å². The predicted molar refractivity (Wildman–Crippen MR) is 101 cm³/mol. The minimum atomic E-state index is -0.0331. The SMILES string of the molecule is CNCCC1CCN(C(=O)c2oc(-c3ccccc3)nc2C)CC1.Cl. The molecule has 2 aromatic rings. The number of oxazole rings is 1. The van der Waals surface area contributed by atoms with Crippen LogP contribution in [0.3, 0.4) is 0 Å². The van der Waals surface area contributed by atoms with Gasteiger partial charge in [0, 0.05) is 18.7 Å². The van der Waals surface area contributed by atoms with Gasteiger partial charge in [-0.2, -0.15) is 0 Å². The van der Waals surface area contributed by atoms with Crippen LogP contribution >= 0.6 is 12.4 Å². The third-order valence-electron chi connectivity index (χ3n) is 4.72. The molecule has 0 radical (unpaired) electrons. The minimum absolute atomic E-state index is 0. The normalized spacial score (nSPS) is 15.0. The van der Waals surface area contributed by atoms with Gasteiger partial charge in [-0.3, -0.25) is 4.79 Å². The van der Waals surface area contributed by atoms with E-state index in [2.05, 4.69) is 10.3 Å². The van der Waals surface area contributed by atoms with E-state index in [0.29, 0.717) is 23.3 Å². The Labute approximate surface area is 155 Å². The van der Waals surface area contributed by atoms with Gasteiger partial charge in [0.2, 0.25) is 11.7 Å². The van der Waals surface area contributed by atoms with Gasteiger partial charge in [0.15, 0.2) is 0 Å². The molecule has 1 saturated heterocycles. The molecule has 1 aromatic heterocycles. The first-order chi connectivity index (χ1) is 11.7. The lowest BCUT2D eigenvalue weighted by molar-refractivity contribution is 0.0655. The minimum Gasteiger partial charge on any atom is -0.431 e. The Morgan fingerprint density at radius 2 is 1.96 bits per heavy atom. The number of aromatic nitrogens is 1. The van der Waals surface area contributed by atoms with Crippen LogP contribution in [0.4, 0.5) is 0 Å². The fourth-order valence-corrected chi connectivity index (χ4v) is 3.22. The number of aryl methyl sites for hydroxylation is 1. The highest BCUT2D eigenvalue weighted by atomic mass is 35.5. The maximum atomic E-state index is 12.8. The van der Waals surface area contributed by atoms with Gasteiger partial charge in [0.1, 0.15) is 0 Å². The molecule has 1 aliphatic rings. The molecule has 3 rings (SSSR count). The topological polar surface area (TPSA) is 58.4 Å². The lowest BCUT2D eigenvalue weighted by Gasteiger charge is -2.31. The Balaban J connectivity index is 0.00000225. The molecule has 2 heterocycles. The van der Waals surface area contributed by atoms with Crippen molar-refractivity contribution in [2.75, 3.05) is 26.7 Å². The molecule has 0 aliphatic carbocycles. The van der Waals surface area contributed by atoms with E-state index in [1.807, 2.05) is 49.2 Å². The molecule has 6 heteroatoms. The van der Waals surface area contributed by atoms with E-state index in [4.69, 9.17) is 4.42 Å². The molecule has 1 fully saturated rings. The second-order valence-electron chi connectivity index (χ2n) is 6.43. The van der Waals surface area contributed by atoms with E-state index >= 15 is 0 Å². The summed E-state index contributed by atoms with van der Waals surface area (Å²) in [4.78, 5) is 19.1. The van der Waals surface area contributed by atoms with Gasteiger partial charge >= 0.3 is 0 Å². The third kappa shape index (κ3) is 4.61. The summed E-state index contributed by atoms with van der Waals surface area (Å²) in [6.45, 7) is 4.48. The number of hydrogen-bond acceptors (Lipinski definition) is 4. The highest BCUT2D eigenvalue weighted by Gasteiger charge is 2.27. The van der Waals surface area contributed by atoms with Gasteiger partial charge in [-0.25, -0.2) is 4.98 Å². The number of benzene rings is 1. The Morgan fingerprint density at radius 3 is 2.60 bits per heavy atom. The second kappa shape index (κ2) is 9.02. The van der Waals surface area contributed by atoms with E-state index in [0.717, 1.165) is 38.0 Å². The average molecular weight is 364 g/mol. The van der Waals surface area contributed by atoms with Crippen molar-refractivity contribution in [1.29, 1.82) is 0 Å². The van der Waals surface area contributed by atoms with Crippen LogP contribution in [0.5, 0.6) is 0 Å². The lowest BCUT2D eigenvalue weighted by Crippen LogP contribution is -2.39. The molecule has 136 valence electrons. The molecule has 25 heavy (non-hydrogen) atoms. The van der Waals surface area contributed by atoms with Gasteiger partial charge < -0.3 is 14.6 Å². The number of hydrogen-bond donors (Lipinski definition) is 1. The zero-order valence-corrected chi connectivity index (χ0v) is 15.6. The molecular formula is C19H26ClN3O2. The molecule has 1 aliphatic heterocycles. The summed E-state index contributed by atoms with van der Waals surface area (Å²) in [7, 11) is 1.98. The summed E-state index contributed by atoms with van der Waals surface area (Å²) in [5.74, 6) is 1.56. The largest absolute Gasteiger partial charge is 0.431 e. The molecule has 1 N–H and O–H groups in total. The third-order valence-corrected chi connectivity index (χ3v) is 4.72. The first kappa shape index (κ1) is 19.5. The molecule has 0 bridgehead atoms.